The molecule has 1 saturated carbocycles. The highest BCUT2D eigenvalue weighted by molar-refractivity contribution is 5.19. The largest absolute Gasteiger partial charge is 0.387 e. The van der Waals surface area contributed by atoms with Crippen LogP contribution in [0.5, 0.6) is 0 Å². The molecule has 1 fully saturated rings. The maximum atomic E-state index is 10.6. The zero-order valence-corrected chi connectivity index (χ0v) is 10.7. The Balaban J connectivity index is 2.22. The summed E-state index contributed by atoms with van der Waals surface area (Å²) in [4.78, 5) is 4.04. The maximum absolute atomic E-state index is 10.6. The Labute approximate surface area is 108 Å². The number of aromatic nitrogens is 1. The van der Waals surface area contributed by atoms with E-state index in [1.54, 1.807) is 12.4 Å². The van der Waals surface area contributed by atoms with Crippen molar-refractivity contribution in [2.45, 2.75) is 51.0 Å². The van der Waals surface area contributed by atoms with Gasteiger partial charge in [-0.25, -0.2) is 0 Å². The molecule has 1 aromatic rings. The number of aliphatic hydroxyl groups excluding tert-OH is 1. The van der Waals surface area contributed by atoms with E-state index in [2.05, 4.69) is 11.1 Å². The third kappa shape index (κ3) is 2.70. The molecule has 0 aliphatic heterocycles. The summed E-state index contributed by atoms with van der Waals surface area (Å²) in [6.07, 6.45) is 9.89. The molecule has 3 nitrogen and oxygen atoms in total. The fraction of sp³-hybridized carbons (Fsp3) is 0.600. The normalized spacial score (nSPS) is 21.3. The summed E-state index contributed by atoms with van der Waals surface area (Å²) in [5.41, 5.74) is 0.142. The molecule has 1 aliphatic rings. The van der Waals surface area contributed by atoms with E-state index in [9.17, 15) is 10.4 Å². The monoisotopic (exact) mass is 244 g/mol. The second-order valence-corrected chi connectivity index (χ2v) is 5.22. The van der Waals surface area contributed by atoms with Crippen molar-refractivity contribution in [2.75, 3.05) is 0 Å². The van der Waals surface area contributed by atoms with Gasteiger partial charge in [0, 0.05) is 18.0 Å². The molecule has 0 aromatic carbocycles. The summed E-state index contributed by atoms with van der Waals surface area (Å²) >= 11 is 0. The van der Waals surface area contributed by atoms with E-state index >= 15 is 0 Å². The van der Waals surface area contributed by atoms with Crippen molar-refractivity contribution in [2.24, 2.45) is 5.41 Å². The Bertz CT molecular complexity index is 402. The summed E-state index contributed by atoms with van der Waals surface area (Å²) in [7, 11) is 0. The number of pyridine rings is 1. The van der Waals surface area contributed by atoms with E-state index in [4.69, 9.17) is 0 Å². The molecule has 1 N–H and O–H groups in total. The van der Waals surface area contributed by atoms with Crippen LogP contribution in [0.4, 0.5) is 0 Å². The third-order valence-corrected chi connectivity index (χ3v) is 3.99. The van der Waals surface area contributed by atoms with E-state index in [1.165, 1.54) is 19.3 Å². The van der Waals surface area contributed by atoms with Crippen molar-refractivity contribution < 1.29 is 5.11 Å². The highest BCUT2D eigenvalue weighted by Gasteiger charge is 2.38. The number of aliphatic hydroxyl groups is 1. The van der Waals surface area contributed by atoms with Crippen LogP contribution >= 0.6 is 0 Å². The Hall–Kier alpha value is -1.40. The van der Waals surface area contributed by atoms with Gasteiger partial charge in [-0.2, -0.15) is 5.26 Å². The molecule has 1 atom stereocenters. The van der Waals surface area contributed by atoms with E-state index < -0.39 is 11.5 Å². The molecule has 1 heterocycles. The van der Waals surface area contributed by atoms with E-state index in [0.717, 1.165) is 31.2 Å². The molecule has 96 valence electrons. The van der Waals surface area contributed by atoms with Crippen LogP contribution in [-0.4, -0.2) is 10.1 Å². The summed E-state index contributed by atoms with van der Waals surface area (Å²) in [5.74, 6) is 0. The van der Waals surface area contributed by atoms with Crippen LogP contribution in [0.15, 0.2) is 24.5 Å². The van der Waals surface area contributed by atoms with Crippen LogP contribution in [-0.2, 0) is 0 Å². The molecule has 3 heteroatoms. The Morgan fingerprint density at radius 2 is 1.89 bits per heavy atom. The van der Waals surface area contributed by atoms with Gasteiger partial charge in [0.25, 0.3) is 0 Å². The summed E-state index contributed by atoms with van der Waals surface area (Å²) in [6.45, 7) is 0. The molecular weight excluding hydrogens is 224 g/mol. The van der Waals surface area contributed by atoms with Crippen LogP contribution in [0.2, 0.25) is 0 Å². The number of hydrogen-bond acceptors (Lipinski definition) is 3. The third-order valence-electron chi connectivity index (χ3n) is 3.99. The highest BCUT2D eigenvalue weighted by atomic mass is 16.3. The maximum Gasteiger partial charge on any atom is 0.0991 e. The lowest BCUT2D eigenvalue weighted by atomic mass is 9.71. The smallest absolute Gasteiger partial charge is 0.0991 e. The number of rotatable bonds is 2. The van der Waals surface area contributed by atoms with Crippen LogP contribution in [0.25, 0.3) is 0 Å². The van der Waals surface area contributed by atoms with Crippen molar-refractivity contribution in [1.29, 1.82) is 5.26 Å². The van der Waals surface area contributed by atoms with Gasteiger partial charge in [0.1, 0.15) is 0 Å². The van der Waals surface area contributed by atoms with Gasteiger partial charge >= 0.3 is 0 Å². The van der Waals surface area contributed by atoms with E-state index in [0.29, 0.717) is 0 Å². The average Bonchev–Trinajstić information content (AvgIpc) is 2.40. The van der Waals surface area contributed by atoms with Crippen LogP contribution in [0.3, 0.4) is 0 Å². The fourth-order valence-corrected chi connectivity index (χ4v) is 2.84. The molecule has 18 heavy (non-hydrogen) atoms. The molecule has 0 saturated heterocycles. The molecular formula is C15H20N2O. The Kier molecular flexibility index (Phi) is 4.33. The summed E-state index contributed by atoms with van der Waals surface area (Å²) in [6, 6.07) is 6.07. The predicted octanol–water partition coefficient (Wildman–Crippen LogP) is 3.37. The van der Waals surface area contributed by atoms with Gasteiger partial charge in [-0.1, -0.05) is 38.2 Å². The molecule has 1 aromatic heterocycles. The van der Waals surface area contributed by atoms with Gasteiger partial charge in [0.15, 0.2) is 0 Å². The predicted molar refractivity (Wildman–Crippen MR) is 69.6 cm³/mol. The molecule has 0 spiro atoms. The molecule has 1 aliphatic carbocycles. The topological polar surface area (TPSA) is 56.9 Å². The Morgan fingerprint density at radius 3 is 2.44 bits per heavy atom. The first-order valence-corrected chi connectivity index (χ1v) is 6.78. The second kappa shape index (κ2) is 5.97. The van der Waals surface area contributed by atoms with Crippen molar-refractivity contribution >= 4 is 0 Å². The second-order valence-electron chi connectivity index (χ2n) is 5.22. The highest BCUT2D eigenvalue weighted by Crippen LogP contribution is 2.43. The SMILES string of the molecule is N#CC1(C(O)c2cccnc2)CCCCCCC1. The first-order valence-electron chi connectivity index (χ1n) is 6.78. The molecule has 0 bridgehead atoms. The van der Waals surface area contributed by atoms with Crippen LogP contribution in [0.1, 0.15) is 56.6 Å². The van der Waals surface area contributed by atoms with Crippen molar-refractivity contribution in [3.8, 4) is 6.07 Å². The minimum Gasteiger partial charge on any atom is -0.387 e. The van der Waals surface area contributed by atoms with Crippen LogP contribution < -0.4 is 0 Å². The lowest BCUT2D eigenvalue weighted by Crippen LogP contribution is -2.28. The lowest BCUT2D eigenvalue weighted by molar-refractivity contribution is 0.0432. The zero-order valence-electron chi connectivity index (χ0n) is 10.7. The first kappa shape index (κ1) is 13.0. The quantitative estimate of drug-likeness (QED) is 0.867. The molecule has 2 rings (SSSR count). The standard InChI is InChI=1S/C15H20N2O/c16-12-15(8-4-2-1-3-5-9-15)14(18)13-7-6-10-17-11-13/h6-7,10-11,14,18H,1-5,8-9H2. The molecule has 0 amide bonds. The minimum absolute atomic E-state index is 0.622. The summed E-state index contributed by atoms with van der Waals surface area (Å²) < 4.78 is 0. The zero-order chi connectivity index (χ0) is 12.8. The number of hydrogen-bond donors (Lipinski definition) is 1. The summed E-state index contributed by atoms with van der Waals surface area (Å²) in [5, 5.41) is 20.1. The number of nitrogens with zero attached hydrogens (tertiary/aromatic N) is 2. The van der Waals surface area contributed by atoms with Gasteiger partial charge in [0.2, 0.25) is 0 Å². The van der Waals surface area contributed by atoms with E-state index in [-0.39, 0.29) is 0 Å². The number of nitriles is 1. The Morgan fingerprint density at radius 1 is 1.22 bits per heavy atom. The fourth-order valence-electron chi connectivity index (χ4n) is 2.84. The average molecular weight is 244 g/mol. The van der Waals surface area contributed by atoms with Gasteiger partial charge in [0.05, 0.1) is 17.6 Å². The van der Waals surface area contributed by atoms with E-state index in [1.807, 2.05) is 12.1 Å². The van der Waals surface area contributed by atoms with Crippen molar-refractivity contribution in [3.05, 3.63) is 30.1 Å². The first-order chi connectivity index (χ1) is 8.78. The molecule has 0 radical (unpaired) electrons. The van der Waals surface area contributed by atoms with Gasteiger partial charge < -0.3 is 5.11 Å². The van der Waals surface area contributed by atoms with Crippen LogP contribution in [0, 0.1) is 16.7 Å². The van der Waals surface area contributed by atoms with Crippen molar-refractivity contribution in [3.63, 3.8) is 0 Å². The minimum atomic E-state index is -0.714. The lowest BCUT2D eigenvalue weighted by Gasteiger charge is -2.33. The molecule has 1 unspecified atom stereocenters. The van der Waals surface area contributed by atoms with Gasteiger partial charge in [-0.05, 0) is 18.9 Å². The van der Waals surface area contributed by atoms with Gasteiger partial charge in [-0.15, -0.1) is 0 Å². The van der Waals surface area contributed by atoms with Gasteiger partial charge in [-0.3, -0.25) is 4.98 Å². The van der Waals surface area contributed by atoms with Crippen molar-refractivity contribution in [1.82, 2.24) is 4.98 Å².